The van der Waals surface area contributed by atoms with E-state index in [9.17, 15) is 19.8 Å². The third-order valence-corrected chi connectivity index (χ3v) is 5.39. The molecule has 3 fully saturated rings. The van der Waals surface area contributed by atoms with Crippen molar-refractivity contribution in [2.24, 2.45) is 23.7 Å². The third kappa shape index (κ3) is 1.59. The van der Waals surface area contributed by atoms with E-state index in [1.165, 1.54) is 0 Å². The maximum Gasteiger partial charge on any atom is 0.238 e. The lowest BCUT2D eigenvalue weighted by molar-refractivity contribution is -0.129. The van der Waals surface area contributed by atoms with Crippen LogP contribution in [0.5, 0.6) is 0 Å². The summed E-state index contributed by atoms with van der Waals surface area (Å²) in [6, 6.07) is 6.60. The first kappa shape index (κ1) is 13.2. The van der Waals surface area contributed by atoms with Gasteiger partial charge in [-0.25, -0.2) is 4.90 Å². The van der Waals surface area contributed by atoms with Gasteiger partial charge in [0, 0.05) is 16.9 Å². The van der Waals surface area contributed by atoms with Crippen molar-refractivity contribution in [1.29, 1.82) is 0 Å². The van der Waals surface area contributed by atoms with Crippen LogP contribution in [-0.4, -0.2) is 34.2 Å². The normalized spacial score (nSPS) is 41.0. The zero-order valence-electron chi connectivity index (χ0n) is 11.0. The summed E-state index contributed by atoms with van der Waals surface area (Å²) in [5.74, 6) is -2.25. The Morgan fingerprint density at radius 2 is 1.62 bits per heavy atom. The Balaban J connectivity index is 1.75. The molecule has 0 radical (unpaired) electrons. The Hall–Kier alpha value is -1.43. The first-order valence-corrected chi connectivity index (χ1v) is 7.38. The van der Waals surface area contributed by atoms with Crippen LogP contribution in [0.15, 0.2) is 24.3 Å². The topological polar surface area (TPSA) is 77.8 Å². The average Bonchev–Trinajstić information content (AvgIpc) is 3.04. The van der Waals surface area contributed by atoms with Gasteiger partial charge in [-0.2, -0.15) is 0 Å². The lowest BCUT2D eigenvalue weighted by atomic mass is 9.78. The van der Waals surface area contributed by atoms with E-state index in [1.54, 1.807) is 24.3 Å². The number of imide groups is 1. The average molecular weight is 308 g/mol. The van der Waals surface area contributed by atoms with Crippen molar-refractivity contribution in [3.05, 3.63) is 29.3 Å². The van der Waals surface area contributed by atoms with E-state index >= 15 is 0 Å². The second kappa shape index (κ2) is 4.29. The minimum Gasteiger partial charge on any atom is -0.390 e. The predicted octanol–water partition coefficient (Wildman–Crippen LogP) is 0.817. The van der Waals surface area contributed by atoms with E-state index in [4.69, 9.17) is 11.6 Å². The molecule has 1 heterocycles. The van der Waals surface area contributed by atoms with E-state index in [2.05, 4.69) is 0 Å². The van der Waals surface area contributed by atoms with Crippen LogP contribution in [-0.2, 0) is 9.59 Å². The molecular formula is C15H14ClNO4. The lowest BCUT2D eigenvalue weighted by Crippen LogP contribution is -2.43. The Morgan fingerprint density at radius 1 is 1.05 bits per heavy atom. The summed E-state index contributed by atoms with van der Waals surface area (Å²) in [7, 11) is 0. The van der Waals surface area contributed by atoms with Gasteiger partial charge in [-0.3, -0.25) is 9.59 Å². The highest BCUT2D eigenvalue weighted by atomic mass is 35.5. The quantitative estimate of drug-likeness (QED) is 0.753. The molecular weight excluding hydrogens is 294 g/mol. The number of nitrogens with zero attached hydrogens (tertiary/aromatic N) is 1. The van der Waals surface area contributed by atoms with Crippen molar-refractivity contribution in [3.8, 4) is 0 Å². The summed E-state index contributed by atoms with van der Waals surface area (Å²) in [6.45, 7) is 0. The minimum atomic E-state index is -0.910. The molecule has 0 unspecified atom stereocenters. The number of amides is 2. The number of aliphatic hydroxyl groups excluding tert-OH is 2. The summed E-state index contributed by atoms with van der Waals surface area (Å²) in [6.07, 6.45) is -1.28. The molecule has 2 N–H and O–H groups in total. The van der Waals surface area contributed by atoms with E-state index < -0.39 is 24.0 Å². The monoisotopic (exact) mass is 307 g/mol. The number of hydrogen-bond donors (Lipinski definition) is 2. The van der Waals surface area contributed by atoms with Crippen LogP contribution in [0.3, 0.4) is 0 Å². The number of benzene rings is 1. The largest absolute Gasteiger partial charge is 0.390 e. The first-order valence-electron chi connectivity index (χ1n) is 7.00. The second-order valence-corrected chi connectivity index (χ2v) is 6.52. The highest BCUT2D eigenvalue weighted by Gasteiger charge is 2.67. The number of hydrogen-bond acceptors (Lipinski definition) is 4. The summed E-state index contributed by atoms with van der Waals surface area (Å²) in [4.78, 5) is 26.4. The van der Waals surface area contributed by atoms with Crippen molar-refractivity contribution in [2.75, 3.05) is 4.90 Å². The van der Waals surface area contributed by atoms with Crippen LogP contribution in [0.2, 0.25) is 5.02 Å². The van der Waals surface area contributed by atoms with Gasteiger partial charge in [0.1, 0.15) is 0 Å². The number of carbonyl (C=O) groups excluding carboxylic acids is 2. The molecule has 110 valence electrons. The maximum atomic E-state index is 12.6. The van der Waals surface area contributed by atoms with Gasteiger partial charge < -0.3 is 10.2 Å². The van der Waals surface area contributed by atoms with Crippen LogP contribution in [0.4, 0.5) is 5.69 Å². The number of carbonyl (C=O) groups is 2. The maximum absolute atomic E-state index is 12.6. The van der Waals surface area contributed by atoms with Crippen molar-refractivity contribution >= 4 is 29.1 Å². The molecule has 4 rings (SSSR count). The van der Waals surface area contributed by atoms with Gasteiger partial charge in [0.25, 0.3) is 0 Å². The van der Waals surface area contributed by atoms with Gasteiger partial charge in [-0.05, 0) is 24.6 Å². The summed E-state index contributed by atoms with van der Waals surface area (Å²) in [5.41, 5.74) is 0.454. The molecule has 5 nitrogen and oxygen atoms in total. The number of aliphatic hydroxyl groups is 2. The molecule has 1 saturated heterocycles. The van der Waals surface area contributed by atoms with E-state index in [0.29, 0.717) is 17.1 Å². The van der Waals surface area contributed by atoms with Gasteiger partial charge in [0.2, 0.25) is 11.8 Å². The summed E-state index contributed by atoms with van der Waals surface area (Å²) in [5, 5.41) is 20.4. The van der Waals surface area contributed by atoms with Gasteiger partial charge in [0.05, 0.1) is 29.7 Å². The molecule has 2 aliphatic carbocycles. The fourth-order valence-corrected chi connectivity index (χ4v) is 4.48. The number of anilines is 1. The lowest BCUT2D eigenvalue weighted by Gasteiger charge is -2.29. The van der Waals surface area contributed by atoms with Gasteiger partial charge >= 0.3 is 0 Å². The number of rotatable bonds is 1. The smallest absolute Gasteiger partial charge is 0.238 e. The van der Waals surface area contributed by atoms with Crippen LogP contribution in [0.1, 0.15) is 6.42 Å². The molecule has 0 spiro atoms. The number of fused-ring (bicyclic) bond motifs is 5. The molecule has 2 bridgehead atoms. The standard InChI is InChI=1S/C15H14ClNO4/c16-6-2-1-3-7(4-6)17-14(20)10-8-5-9(11(10)15(17)21)13(19)12(8)18/h1-4,8-13,18-19H,5H2/t8-,9+,10-,11-,12-,13-/m0/s1. The van der Waals surface area contributed by atoms with E-state index in [-0.39, 0.29) is 23.7 Å². The predicted molar refractivity (Wildman–Crippen MR) is 74.5 cm³/mol. The van der Waals surface area contributed by atoms with Crippen molar-refractivity contribution in [2.45, 2.75) is 18.6 Å². The third-order valence-electron chi connectivity index (χ3n) is 5.16. The Morgan fingerprint density at radius 3 is 2.14 bits per heavy atom. The van der Waals surface area contributed by atoms with E-state index in [1.807, 2.05) is 0 Å². The van der Waals surface area contributed by atoms with Gasteiger partial charge in [0.15, 0.2) is 0 Å². The highest BCUT2D eigenvalue weighted by Crippen LogP contribution is 2.56. The van der Waals surface area contributed by atoms with Crippen LogP contribution in [0.25, 0.3) is 0 Å². The molecule has 0 aromatic heterocycles. The zero-order chi connectivity index (χ0) is 14.9. The Kier molecular flexibility index (Phi) is 2.70. The molecule has 1 aromatic rings. The number of halogens is 1. The molecule has 3 aliphatic rings. The molecule has 2 amide bonds. The molecule has 6 heteroatoms. The van der Waals surface area contributed by atoms with Gasteiger partial charge in [-0.1, -0.05) is 17.7 Å². The van der Waals surface area contributed by atoms with Crippen molar-refractivity contribution < 1.29 is 19.8 Å². The second-order valence-electron chi connectivity index (χ2n) is 6.09. The molecule has 1 aromatic carbocycles. The molecule has 21 heavy (non-hydrogen) atoms. The van der Waals surface area contributed by atoms with Crippen LogP contribution in [0, 0.1) is 23.7 Å². The van der Waals surface area contributed by atoms with Gasteiger partial charge in [-0.15, -0.1) is 0 Å². The van der Waals surface area contributed by atoms with Crippen LogP contribution < -0.4 is 4.90 Å². The van der Waals surface area contributed by atoms with Crippen molar-refractivity contribution in [1.82, 2.24) is 0 Å². The first-order chi connectivity index (χ1) is 10.0. The SMILES string of the molecule is O=C1[C@H]2[C@@H]3C[C@@H]([C@H](O)[C@H]3O)[C@@H]2C(=O)N1c1cccc(Cl)c1. The summed E-state index contributed by atoms with van der Waals surface area (Å²) < 4.78 is 0. The Bertz CT molecular complexity index is 616. The van der Waals surface area contributed by atoms with Crippen LogP contribution >= 0.6 is 11.6 Å². The molecule has 2 saturated carbocycles. The molecule has 1 aliphatic heterocycles. The fraction of sp³-hybridized carbons (Fsp3) is 0.467. The van der Waals surface area contributed by atoms with Crippen molar-refractivity contribution in [3.63, 3.8) is 0 Å². The fourth-order valence-electron chi connectivity index (χ4n) is 4.30. The highest BCUT2D eigenvalue weighted by molar-refractivity contribution is 6.31. The zero-order valence-corrected chi connectivity index (χ0v) is 11.8. The van der Waals surface area contributed by atoms with E-state index in [0.717, 1.165) is 4.90 Å². The minimum absolute atomic E-state index is 0.286. The Labute approximate surface area is 126 Å². The summed E-state index contributed by atoms with van der Waals surface area (Å²) >= 11 is 5.93. The molecule has 6 atom stereocenters.